The molecule has 2 nitrogen and oxygen atoms in total. The maximum Gasteiger partial charge on any atom is 0.573 e. The van der Waals surface area contributed by atoms with E-state index < -0.39 is 23.7 Å². The highest BCUT2D eigenvalue weighted by Crippen LogP contribution is 2.45. The molecule has 0 atom stereocenters. The van der Waals surface area contributed by atoms with E-state index >= 15 is 8.78 Å². The van der Waals surface area contributed by atoms with E-state index in [0.717, 1.165) is 31.4 Å². The molecule has 0 N–H and O–H groups in total. The minimum atomic E-state index is -4.82. The standard InChI is InChI=1S/C30H31F5O2.CH4/c1-2-3-5-8-20-11-13-22(14-12-20)27-26(31)19-25(21-9-6-4-7-10-21)29(28(27)32)36-23-15-17-24(18-16-23)37-30(33,34)35;/h4,6-7,9-10,15-20,22H,2-3,5,8,11-14H2,1H3;1H4/t20-,22-;. The maximum atomic E-state index is 16.1. The number of halogens is 5. The Hall–Kier alpha value is -3.09. The lowest BCUT2D eigenvalue weighted by Crippen LogP contribution is -2.17. The van der Waals surface area contributed by atoms with Gasteiger partial charge in [0.15, 0.2) is 11.6 Å². The second kappa shape index (κ2) is 13.1. The smallest absolute Gasteiger partial charge is 0.454 e. The fourth-order valence-corrected chi connectivity index (χ4v) is 5.17. The predicted octanol–water partition coefficient (Wildman–Crippen LogP) is 10.8. The molecule has 3 aromatic carbocycles. The van der Waals surface area contributed by atoms with Crippen molar-refractivity contribution in [2.75, 3.05) is 0 Å². The van der Waals surface area contributed by atoms with Crippen molar-refractivity contribution in [1.29, 1.82) is 0 Å². The lowest BCUT2D eigenvalue weighted by molar-refractivity contribution is -0.274. The van der Waals surface area contributed by atoms with Gasteiger partial charge in [0.2, 0.25) is 0 Å². The molecule has 3 aromatic rings. The molecule has 0 heterocycles. The first-order valence-corrected chi connectivity index (χ1v) is 12.9. The second-order valence-electron chi connectivity index (χ2n) is 9.66. The van der Waals surface area contributed by atoms with Crippen molar-refractivity contribution < 1.29 is 31.4 Å². The Kier molecular flexibility index (Phi) is 10.2. The molecule has 1 fully saturated rings. The first-order valence-electron chi connectivity index (χ1n) is 12.9. The van der Waals surface area contributed by atoms with Crippen molar-refractivity contribution in [2.24, 2.45) is 5.92 Å². The van der Waals surface area contributed by atoms with Crippen molar-refractivity contribution in [3.8, 4) is 28.4 Å². The largest absolute Gasteiger partial charge is 0.573 e. The monoisotopic (exact) mass is 534 g/mol. The zero-order valence-electron chi connectivity index (χ0n) is 20.8. The van der Waals surface area contributed by atoms with Crippen molar-refractivity contribution in [3.05, 3.63) is 77.9 Å². The van der Waals surface area contributed by atoms with E-state index in [0.29, 0.717) is 24.3 Å². The Balaban J connectivity index is 0.00000400. The summed E-state index contributed by atoms with van der Waals surface area (Å²) in [5.41, 5.74) is 0.834. The summed E-state index contributed by atoms with van der Waals surface area (Å²) in [7, 11) is 0. The van der Waals surface area contributed by atoms with Gasteiger partial charge >= 0.3 is 6.36 Å². The Morgan fingerprint density at radius 1 is 0.842 bits per heavy atom. The quantitative estimate of drug-likeness (QED) is 0.201. The highest BCUT2D eigenvalue weighted by molar-refractivity contribution is 5.72. The minimum Gasteiger partial charge on any atom is -0.454 e. The highest BCUT2D eigenvalue weighted by atomic mass is 19.4. The second-order valence-corrected chi connectivity index (χ2v) is 9.66. The minimum absolute atomic E-state index is 0. The lowest BCUT2D eigenvalue weighted by Gasteiger charge is -2.30. The number of alkyl halides is 3. The summed E-state index contributed by atoms with van der Waals surface area (Å²) in [4.78, 5) is 0. The van der Waals surface area contributed by atoms with Crippen LogP contribution in [0.15, 0.2) is 60.7 Å². The molecule has 0 aromatic heterocycles. The average Bonchev–Trinajstić information content (AvgIpc) is 2.87. The van der Waals surface area contributed by atoms with Gasteiger partial charge in [-0.25, -0.2) is 8.78 Å². The van der Waals surface area contributed by atoms with Gasteiger partial charge in [-0.1, -0.05) is 70.4 Å². The van der Waals surface area contributed by atoms with E-state index in [9.17, 15) is 13.2 Å². The summed E-state index contributed by atoms with van der Waals surface area (Å²) in [5, 5.41) is 0. The molecule has 1 aliphatic rings. The van der Waals surface area contributed by atoms with Crippen LogP contribution in [0, 0.1) is 17.6 Å². The fourth-order valence-electron chi connectivity index (χ4n) is 5.17. The van der Waals surface area contributed by atoms with Crippen LogP contribution >= 0.6 is 0 Å². The Morgan fingerprint density at radius 3 is 2.08 bits per heavy atom. The van der Waals surface area contributed by atoms with E-state index in [2.05, 4.69) is 11.7 Å². The molecular formula is C31H35F5O2. The highest BCUT2D eigenvalue weighted by Gasteiger charge is 2.32. The summed E-state index contributed by atoms with van der Waals surface area (Å²) in [6.07, 6.45) is 3.17. The van der Waals surface area contributed by atoms with Gasteiger partial charge in [0, 0.05) is 11.1 Å². The number of rotatable bonds is 9. The first kappa shape index (κ1) is 29.5. The number of hydrogen-bond donors (Lipinski definition) is 0. The van der Waals surface area contributed by atoms with Gasteiger partial charge in [0.1, 0.15) is 17.3 Å². The number of hydrogen-bond acceptors (Lipinski definition) is 2. The summed E-state index contributed by atoms with van der Waals surface area (Å²) >= 11 is 0. The Morgan fingerprint density at radius 2 is 1.47 bits per heavy atom. The predicted molar refractivity (Wildman–Crippen MR) is 141 cm³/mol. The molecule has 0 radical (unpaired) electrons. The molecule has 0 saturated heterocycles. The van der Waals surface area contributed by atoms with E-state index in [4.69, 9.17) is 4.74 Å². The van der Waals surface area contributed by atoms with Crippen molar-refractivity contribution in [2.45, 2.75) is 78.0 Å². The van der Waals surface area contributed by atoms with Crippen LogP contribution < -0.4 is 9.47 Å². The third kappa shape index (κ3) is 7.49. The Bertz CT molecular complexity index is 1150. The molecule has 0 amide bonds. The Labute approximate surface area is 221 Å². The van der Waals surface area contributed by atoms with Crippen LogP contribution in [0.25, 0.3) is 11.1 Å². The fraction of sp³-hybridized carbons (Fsp3) is 0.419. The molecule has 0 bridgehead atoms. The molecule has 38 heavy (non-hydrogen) atoms. The molecule has 0 spiro atoms. The molecular weight excluding hydrogens is 499 g/mol. The van der Waals surface area contributed by atoms with Gasteiger partial charge in [-0.3, -0.25) is 0 Å². The first-order chi connectivity index (χ1) is 17.7. The van der Waals surface area contributed by atoms with Gasteiger partial charge in [0.05, 0.1) is 0 Å². The van der Waals surface area contributed by atoms with Gasteiger partial charge in [-0.15, -0.1) is 13.2 Å². The zero-order valence-corrected chi connectivity index (χ0v) is 20.8. The summed E-state index contributed by atoms with van der Waals surface area (Å²) in [6, 6.07) is 14.8. The van der Waals surface area contributed by atoms with Crippen LogP contribution in [0.1, 0.15) is 77.2 Å². The topological polar surface area (TPSA) is 18.5 Å². The molecule has 1 aliphatic carbocycles. The summed E-state index contributed by atoms with van der Waals surface area (Å²) < 4.78 is 78.8. The maximum absolute atomic E-state index is 16.1. The van der Waals surface area contributed by atoms with Crippen molar-refractivity contribution in [1.82, 2.24) is 0 Å². The van der Waals surface area contributed by atoms with Gasteiger partial charge in [-0.2, -0.15) is 0 Å². The normalized spacial score (nSPS) is 17.5. The van der Waals surface area contributed by atoms with Crippen LogP contribution in [0.3, 0.4) is 0 Å². The van der Waals surface area contributed by atoms with Crippen LogP contribution in [0.2, 0.25) is 0 Å². The van der Waals surface area contributed by atoms with Crippen molar-refractivity contribution >= 4 is 0 Å². The zero-order chi connectivity index (χ0) is 26.4. The van der Waals surface area contributed by atoms with Crippen LogP contribution in [-0.4, -0.2) is 6.36 Å². The molecule has 1 saturated carbocycles. The number of unbranched alkanes of at least 4 members (excludes halogenated alkanes) is 2. The average molecular weight is 535 g/mol. The molecule has 4 rings (SSSR count). The molecule has 7 heteroatoms. The van der Waals surface area contributed by atoms with E-state index in [1.807, 2.05) is 0 Å². The van der Waals surface area contributed by atoms with E-state index in [-0.39, 0.29) is 36.0 Å². The number of ether oxygens (including phenoxy) is 2. The van der Waals surface area contributed by atoms with Crippen molar-refractivity contribution in [3.63, 3.8) is 0 Å². The van der Waals surface area contributed by atoms with Gasteiger partial charge in [-0.05, 0) is 73.4 Å². The summed E-state index contributed by atoms with van der Waals surface area (Å²) in [6.45, 7) is 2.17. The third-order valence-electron chi connectivity index (χ3n) is 7.04. The van der Waals surface area contributed by atoms with Crippen LogP contribution in [0.5, 0.6) is 17.2 Å². The van der Waals surface area contributed by atoms with Crippen LogP contribution in [0.4, 0.5) is 22.0 Å². The molecule has 0 unspecified atom stereocenters. The molecule has 0 aliphatic heterocycles. The van der Waals surface area contributed by atoms with Gasteiger partial charge < -0.3 is 9.47 Å². The lowest BCUT2D eigenvalue weighted by atomic mass is 9.76. The van der Waals surface area contributed by atoms with E-state index in [1.54, 1.807) is 30.3 Å². The van der Waals surface area contributed by atoms with E-state index in [1.165, 1.54) is 37.5 Å². The van der Waals surface area contributed by atoms with Crippen LogP contribution in [-0.2, 0) is 0 Å². The summed E-state index contributed by atoms with van der Waals surface area (Å²) in [5.74, 6) is -1.47. The SMILES string of the molecule is C.CCCCC[C@H]1CC[C@H](c2c(F)cc(-c3ccccc3)c(Oc3ccc(OC(F)(F)F)cc3)c2F)CC1. The molecule has 206 valence electrons. The third-order valence-corrected chi connectivity index (χ3v) is 7.04. The number of benzene rings is 3. The van der Waals surface area contributed by atoms with Gasteiger partial charge in [0.25, 0.3) is 0 Å².